The molecule has 0 radical (unpaired) electrons. The van der Waals surface area contributed by atoms with Crippen LogP contribution in [-0.2, 0) is 4.79 Å². The maximum Gasteiger partial charge on any atom is 0.262 e. The lowest BCUT2D eigenvalue weighted by Crippen LogP contribution is -2.22. The van der Waals surface area contributed by atoms with Crippen molar-refractivity contribution in [2.75, 3.05) is 18.5 Å². The van der Waals surface area contributed by atoms with Crippen molar-refractivity contribution in [2.24, 2.45) is 0 Å². The SMILES string of the molecule is CCOc1ccc(NC(=O)COc2c(-c3ccco3)oc3cc(C)ccc3c2=O)cc1. The third kappa shape index (κ3) is 4.45. The summed E-state index contributed by atoms with van der Waals surface area (Å²) in [4.78, 5) is 25.4. The number of aryl methyl sites for hydroxylation is 1. The number of carbonyl (C=O) groups is 1. The number of rotatable bonds is 7. The van der Waals surface area contributed by atoms with Crippen molar-refractivity contribution >= 4 is 22.6 Å². The molecule has 1 N–H and O–H groups in total. The molecule has 0 atom stereocenters. The summed E-state index contributed by atoms with van der Waals surface area (Å²) in [6.07, 6.45) is 1.47. The number of nitrogens with one attached hydrogen (secondary N) is 1. The Balaban J connectivity index is 1.58. The van der Waals surface area contributed by atoms with Crippen LogP contribution in [0, 0.1) is 6.92 Å². The fourth-order valence-corrected chi connectivity index (χ4v) is 3.12. The predicted molar refractivity (Wildman–Crippen MR) is 117 cm³/mol. The van der Waals surface area contributed by atoms with Gasteiger partial charge in [-0.25, -0.2) is 0 Å². The van der Waals surface area contributed by atoms with E-state index in [1.165, 1.54) is 6.26 Å². The number of ether oxygens (including phenoxy) is 2. The van der Waals surface area contributed by atoms with Gasteiger partial charge in [-0.2, -0.15) is 0 Å². The first-order valence-electron chi connectivity index (χ1n) is 9.82. The first-order chi connectivity index (χ1) is 15.0. The lowest BCUT2D eigenvalue weighted by atomic mass is 10.1. The van der Waals surface area contributed by atoms with Gasteiger partial charge in [0.25, 0.3) is 5.91 Å². The van der Waals surface area contributed by atoms with Crippen LogP contribution in [-0.4, -0.2) is 19.1 Å². The van der Waals surface area contributed by atoms with E-state index in [0.717, 1.165) is 5.56 Å². The first-order valence-corrected chi connectivity index (χ1v) is 9.82. The molecule has 7 heteroatoms. The van der Waals surface area contributed by atoms with E-state index in [2.05, 4.69) is 5.32 Å². The highest BCUT2D eigenvalue weighted by molar-refractivity contribution is 5.92. The van der Waals surface area contributed by atoms with Gasteiger partial charge < -0.3 is 23.6 Å². The molecule has 0 unspecified atom stereocenters. The molecule has 0 bridgehead atoms. The number of anilines is 1. The van der Waals surface area contributed by atoms with Gasteiger partial charge >= 0.3 is 0 Å². The van der Waals surface area contributed by atoms with E-state index >= 15 is 0 Å². The lowest BCUT2D eigenvalue weighted by molar-refractivity contribution is -0.118. The van der Waals surface area contributed by atoms with Crippen molar-refractivity contribution in [1.29, 1.82) is 0 Å². The second kappa shape index (κ2) is 8.79. The lowest BCUT2D eigenvalue weighted by Gasteiger charge is -2.11. The monoisotopic (exact) mass is 419 g/mol. The van der Waals surface area contributed by atoms with Crippen molar-refractivity contribution in [3.05, 3.63) is 76.6 Å². The maximum absolute atomic E-state index is 13.1. The van der Waals surface area contributed by atoms with Gasteiger partial charge in [-0.1, -0.05) is 6.07 Å². The van der Waals surface area contributed by atoms with Crippen LogP contribution in [0.1, 0.15) is 12.5 Å². The highest BCUT2D eigenvalue weighted by Gasteiger charge is 2.20. The first kappa shape index (κ1) is 20.3. The Morgan fingerprint density at radius 3 is 2.58 bits per heavy atom. The Morgan fingerprint density at radius 1 is 1.06 bits per heavy atom. The predicted octanol–water partition coefficient (Wildman–Crippen LogP) is 4.78. The van der Waals surface area contributed by atoms with Gasteiger partial charge in [0.05, 0.1) is 18.3 Å². The van der Waals surface area contributed by atoms with Gasteiger partial charge in [-0.05, 0) is 67.9 Å². The van der Waals surface area contributed by atoms with Crippen molar-refractivity contribution < 1.29 is 23.1 Å². The molecule has 31 heavy (non-hydrogen) atoms. The molecule has 0 aliphatic rings. The molecule has 158 valence electrons. The van der Waals surface area contributed by atoms with Crippen molar-refractivity contribution in [2.45, 2.75) is 13.8 Å². The van der Waals surface area contributed by atoms with Gasteiger partial charge in [0.1, 0.15) is 11.3 Å². The maximum atomic E-state index is 13.1. The normalized spacial score (nSPS) is 10.8. The van der Waals surface area contributed by atoms with Gasteiger partial charge in [0.15, 0.2) is 12.4 Å². The van der Waals surface area contributed by atoms with E-state index < -0.39 is 5.91 Å². The van der Waals surface area contributed by atoms with Crippen molar-refractivity contribution in [1.82, 2.24) is 0 Å². The highest BCUT2D eigenvalue weighted by atomic mass is 16.5. The molecule has 0 spiro atoms. The fraction of sp³-hybridized carbons (Fsp3) is 0.167. The van der Waals surface area contributed by atoms with Gasteiger partial charge in [-0.15, -0.1) is 0 Å². The Bertz CT molecular complexity index is 1260. The molecule has 0 fully saturated rings. The Labute approximate surface area is 178 Å². The molecule has 2 heterocycles. The molecule has 4 aromatic rings. The van der Waals surface area contributed by atoms with Gasteiger partial charge in [-0.3, -0.25) is 9.59 Å². The summed E-state index contributed by atoms with van der Waals surface area (Å²) < 4.78 is 22.3. The number of carbonyl (C=O) groups excluding carboxylic acids is 1. The van der Waals surface area contributed by atoms with Crippen LogP contribution < -0.4 is 20.2 Å². The number of hydrogen-bond acceptors (Lipinski definition) is 6. The van der Waals surface area contributed by atoms with Crippen LogP contribution in [0.3, 0.4) is 0 Å². The summed E-state index contributed by atoms with van der Waals surface area (Å²) in [7, 11) is 0. The average Bonchev–Trinajstić information content (AvgIpc) is 3.29. The number of benzene rings is 2. The Kier molecular flexibility index (Phi) is 5.75. The summed E-state index contributed by atoms with van der Waals surface area (Å²) in [5.74, 6) is 0.694. The molecule has 2 aromatic heterocycles. The summed E-state index contributed by atoms with van der Waals surface area (Å²) in [5, 5.41) is 3.09. The quantitative estimate of drug-likeness (QED) is 0.464. The van der Waals surface area contributed by atoms with E-state index in [0.29, 0.717) is 34.8 Å². The zero-order chi connectivity index (χ0) is 21.8. The molecule has 7 nitrogen and oxygen atoms in total. The van der Waals surface area contributed by atoms with E-state index in [1.807, 2.05) is 19.9 Å². The van der Waals surface area contributed by atoms with E-state index in [4.69, 9.17) is 18.3 Å². The number of furan rings is 1. The smallest absolute Gasteiger partial charge is 0.262 e. The topological polar surface area (TPSA) is 90.9 Å². The molecule has 0 aliphatic heterocycles. The minimum atomic E-state index is -0.419. The Hall–Kier alpha value is -4.00. The number of fused-ring (bicyclic) bond motifs is 1. The zero-order valence-electron chi connectivity index (χ0n) is 17.1. The van der Waals surface area contributed by atoms with E-state index in [9.17, 15) is 9.59 Å². The van der Waals surface area contributed by atoms with Gasteiger partial charge in [0, 0.05) is 5.69 Å². The standard InChI is InChI=1S/C24H21NO6/c1-3-28-17-9-7-16(8-10-17)25-21(26)14-30-24-22(27)18-11-6-15(2)13-20(18)31-23(24)19-5-4-12-29-19/h4-13H,3,14H2,1-2H3,(H,25,26). The molecule has 0 saturated heterocycles. The number of amides is 1. The van der Waals surface area contributed by atoms with Crippen LogP contribution >= 0.6 is 0 Å². The zero-order valence-corrected chi connectivity index (χ0v) is 17.1. The summed E-state index contributed by atoms with van der Waals surface area (Å²) in [6, 6.07) is 15.6. The fourth-order valence-electron chi connectivity index (χ4n) is 3.12. The van der Waals surface area contributed by atoms with E-state index in [1.54, 1.807) is 48.5 Å². The van der Waals surface area contributed by atoms with Crippen LogP contribution in [0.25, 0.3) is 22.5 Å². The van der Waals surface area contributed by atoms with E-state index in [-0.39, 0.29) is 23.5 Å². The van der Waals surface area contributed by atoms with Crippen molar-refractivity contribution in [3.63, 3.8) is 0 Å². The second-order valence-corrected chi connectivity index (χ2v) is 6.86. The third-order valence-corrected chi connectivity index (χ3v) is 4.55. The minimum absolute atomic E-state index is 0.0758. The molecule has 0 saturated carbocycles. The molecular weight excluding hydrogens is 398 g/mol. The molecule has 0 aliphatic carbocycles. The third-order valence-electron chi connectivity index (χ3n) is 4.55. The van der Waals surface area contributed by atoms with Crippen LogP contribution in [0.5, 0.6) is 11.5 Å². The minimum Gasteiger partial charge on any atom is -0.494 e. The average molecular weight is 419 g/mol. The van der Waals surface area contributed by atoms with Crippen LogP contribution in [0.15, 0.2) is 74.5 Å². The molecule has 2 aromatic carbocycles. The summed E-state index contributed by atoms with van der Waals surface area (Å²) in [5.41, 5.74) is 1.58. The molecule has 1 amide bonds. The summed E-state index contributed by atoms with van der Waals surface area (Å²) >= 11 is 0. The van der Waals surface area contributed by atoms with Crippen molar-refractivity contribution in [3.8, 4) is 23.0 Å². The largest absolute Gasteiger partial charge is 0.494 e. The molecule has 4 rings (SSSR count). The highest BCUT2D eigenvalue weighted by Crippen LogP contribution is 2.31. The Morgan fingerprint density at radius 2 is 1.87 bits per heavy atom. The summed E-state index contributed by atoms with van der Waals surface area (Å²) in [6.45, 7) is 3.99. The second-order valence-electron chi connectivity index (χ2n) is 6.86. The molecular formula is C24H21NO6. The number of hydrogen-bond donors (Lipinski definition) is 1. The van der Waals surface area contributed by atoms with Gasteiger partial charge in [0.2, 0.25) is 16.9 Å². The van der Waals surface area contributed by atoms with Crippen LogP contribution in [0.4, 0.5) is 5.69 Å². The van der Waals surface area contributed by atoms with Crippen LogP contribution in [0.2, 0.25) is 0 Å².